The molecule has 1 fully saturated rings. The highest BCUT2D eigenvalue weighted by molar-refractivity contribution is 9.10. The summed E-state index contributed by atoms with van der Waals surface area (Å²) < 4.78 is 12.3. The molecular weight excluding hydrogens is 454 g/mol. The number of hydrogen-bond acceptors (Lipinski definition) is 5. The lowest BCUT2D eigenvalue weighted by molar-refractivity contribution is -0.123. The Bertz CT molecular complexity index is 927. The minimum atomic E-state index is -0.285. The number of hydrogen-bond donors (Lipinski definition) is 0. The van der Waals surface area contributed by atoms with Crippen LogP contribution in [0.1, 0.15) is 31.4 Å². The van der Waals surface area contributed by atoms with Gasteiger partial charge in [0.15, 0.2) is 11.5 Å². The van der Waals surface area contributed by atoms with Gasteiger partial charge in [-0.1, -0.05) is 41.1 Å². The number of imide groups is 1. The molecule has 0 aromatic heterocycles. The maximum absolute atomic E-state index is 12.8. The summed E-state index contributed by atoms with van der Waals surface area (Å²) in [6, 6.07) is 13.1. The minimum Gasteiger partial charge on any atom is -0.490 e. The molecule has 3 rings (SSSR count). The van der Waals surface area contributed by atoms with Crippen molar-refractivity contribution >= 4 is 44.9 Å². The zero-order valence-corrected chi connectivity index (χ0v) is 18.7. The summed E-state index contributed by atoms with van der Waals surface area (Å²) in [4.78, 5) is 26.8. The van der Waals surface area contributed by atoms with Crippen LogP contribution in [0, 0.1) is 0 Å². The average Bonchev–Trinajstić information content (AvgIpc) is 2.96. The Morgan fingerprint density at radius 2 is 1.79 bits per heavy atom. The van der Waals surface area contributed by atoms with E-state index in [-0.39, 0.29) is 17.7 Å². The first-order valence-electron chi connectivity index (χ1n) is 9.41. The summed E-state index contributed by atoms with van der Waals surface area (Å²) in [5.41, 5.74) is 1.68. The molecule has 29 heavy (non-hydrogen) atoms. The Kier molecular flexibility index (Phi) is 7.39. The second-order valence-electron chi connectivity index (χ2n) is 6.38. The lowest BCUT2D eigenvalue weighted by Crippen LogP contribution is -2.27. The molecule has 0 unspecified atom stereocenters. The van der Waals surface area contributed by atoms with Crippen molar-refractivity contribution in [2.24, 2.45) is 0 Å². The summed E-state index contributed by atoms with van der Waals surface area (Å²) in [7, 11) is 0. The third-order valence-electron chi connectivity index (χ3n) is 4.15. The van der Waals surface area contributed by atoms with Gasteiger partial charge in [0, 0.05) is 4.47 Å². The van der Waals surface area contributed by atoms with Gasteiger partial charge in [0.25, 0.3) is 11.1 Å². The first kappa shape index (κ1) is 21.5. The van der Waals surface area contributed by atoms with Crippen LogP contribution in [-0.4, -0.2) is 29.3 Å². The van der Waals surface area contributed by atoms with Crippen LogP contribution in [0.5, 0.6) is 11.5 Å². The predicted octanol–water partition coefficient (Wildman–Crippen LogP) is 5.87. The van der Waals surface area contributed by atoms with E-state index in [0.717, 1.165) is 33.8 Å². The molecule has 0 bridgehead atoms. The van der Waals surface area contributed by atoms with Gasteiger partial charge in [-0.3, -0.25) is 14.5 Å². The third-order valence-corrected chi connectivity index (χ3v) is 5.59. The summed E-state index contributed by atoms with van der Waals surface area (Å²) in [5.74, 6) is 1.02. The molecule has 1 aliphatic rings. The molecule has 2 amide bonds. The van der Waals surface area contributed by atoms with Gasteiger partial charge >= 0.3 is 0 Å². The van der Waals surface area contributed by atoms with E-state index in [2.05, 4.69) is 15.9 Å². The van der Waals surface area contributed by atoms with Crippen LogP contribution in [0.2, 0.25) is 0 Å². The number of benzene rings is 2. The van der Waals surface area contributed by atoms with E-state index < -0.39 is 0 Å². The Labute approximate surface area is 183 Å². The Balaban J connectivity index is 1.79. The fourth-order valence-electron chi connectivity index (χ4n) is 2.77. The molecule has 7 heteroatoms. The van der Waals surface area contributed by atoms with Crippen molar-refractivity contribution in [1.82, 2.24) is 4.90 Å². The zero-order valence-electron chi connectivity index (χ0n) is 16.3. The molecule has 1 heterocycles. The van der Waals surface area contributed by atoms with Crippen molar-refractivity contribution in [3.05, 3.63) is 63.0 Å². The lowest BCUT2D eigenvalue weighted by atomic mass is 10.1. The predicted molar refractivity (Wildman–Crippen MR) is 119 cm³/mol. The van der Waals surface area contributed by atoms with Gasteiger partial charge in [-0.15, -0.1) is 0 Å². The number of ether oxygens (including phenoxy) is 2. The second-order valence-corrected chi connectivity index (χ2v) is 8.29. The summed E-state index contributed by atoms with van der Waals surface area (Å²) in [5, 5.41) is -0.267. The molecule has 2 aromatic rings. The molecule has 1 aliphatic heterocycles. The molecular formula is C22H22BrNO4S. The molecule has 0 atom stereocenters. The maximum Gasteiger partial charge on any atom is 0.293 e. The first-order chi connectivity index (χ1) is 14.0. The van der Waals surface area contributed by atoms with E-state index >= 15 is 0 Å². The highest BCUT2D eigenvalue weighted by atomic mass is 79.9. The smallest absolute Gasteiger partial charge is 0.293 e. The monoisotopic (exact) mass is 475 g/mol. The number of carbonyl (C=O) groups is 2. The highest BCUT2D eigenvalue weighted by Crippen LogP contribution is 2.35. The van der Waals surface area contributed by atoms with Gasteiger partial charge in [0.05, 0.1) is 24.7 Å². The topological polar surface area (TPSA) is 55.8 Å². The summed E-state index contributed by atoms with van der Waals surface area (Å²) >= 11 is 4.34. The number of rotatable bonds is 8. The molecule has 0 saturated carbocycles. The van der Waals surface area contributed by atoms with Crippen LogP contribution in [0.15, 0.2) is 51.8 Å². The van der Waals surface area contributed by atoms with Crippen LogP contribution in [0.25, 0.3) is 6.08 Å². The van der Waals surface area contributed by atoms with Gasteiger partial charge in [-0.05, 0) is 66.6 Å². The molecule has 0 N–H and O–H groups in total. The highest BCUT2D eigenvalue weighted by Gasteiger charge is 2.35. The SMILES string of the molecule is CCCOc1ccc(/C=C2\SC(=O)N(Cc3ccc(Br)cc3)C2=O)cc1OCC. The summed E-state index contributed by atoms with van der Waals surface area (Å²) in [6.45, 7) is 5.32. The van der Waals surface area contributed by atoms with Crippen LogP contribution in [0.4, 0.5) is 4.79 Å². The second kappa shape index (κ2) is 9.98. The van der Waals surface area contributed by atoms with Crippen molar-refractivity contribution in [3.63, 3.8) is 0 Å². The molecule has 0 aliphatic carbocycles. The van der Waals surface area contributed by atoms with Gasteiger partial charge in [-0.25, -0.2) is 0 Å². The van der Waals surface area contributed by atoms with Gasteiger partial charge < -0.3 is 9.47 Å². The number of halogens is 1. The van der Waals surface area contributed by atoms with Gasteiger partial charge in [0.2, 0.25) is 0 Å². The van der Waals surface area contributed by atoms with Crippen molar-refractivity contribution in [2.75, 3.05) is 13.2 Å². The van der Waals surface area contributed by atoms with Crippen molar-refractivity contribution in [2.45, 2.75) is 26.8 Å². The van der Waals surface area contributed by atoms with Crippen molar-refractivity contribution in [3.8, 4) is 11.5 Å². The van der Waals surface area contributed by atoms with Gasteiger partial charge in [-0.2, -0.15) is 0 Å². The molecule has 1 saturated heterocycles. The normalized spacial score (nSPS) is 15.3. The number of carbonyl (C=O) groups excluding carboxylic acids is 2. The molecule has 0 radical (unpaired) electrons. The Morgan fingerprint density at radius 3 is 2.48 bits per heavy atom. The van der Waals surface area contributed by atoms with E-state index in [1.54, 1.807) is 6.08 Å². The van der Waals surface area contributed by atoms with Crippen LogP contribution >= 0.6 is 27.7 Å². The van der Waals surface area contributed by atoms with Crippen molar-refractivity contribution < 1.29 is 19.1 Å². The quantitative estimate of drug-likeness (QED) is 0.446. The van der Waals surface area contributed by atoms with Gasteiger partial charge in [0.1, 0.15) is 0 Å². The number of nitrogens with zero attached hydrogens (tertiary/aromatic N) is 1. The first-order valence-corrected chi connectivity index (χ1v) is 11.0. The van der Waals surface area contributed by atoms with E-state index in [1.165, 1.54) is 4.90 Å². The largest absolute Gasteiger partial charge is 0.490 e. The third kappa shape index (κ3) is 5.42. The molecule has 2 aromatic carbocycles. The van der Waals surface area contributed by atoms with Crippen LogP contribution in [-0.2, 0) is 11.3 Å². The fraction of sp³-hybridized carbons (Fsp3) is 0.273. The van der Waals surface area contributed by atoms with E-state index in [9.17, 15) is 9.59 Å². The van der Waals surface area contributed by atoms with Crippen LogP contribution < -0.4 is 9.47 Å². The Hall–Kier alpha value is -2.25. The molecule has 152 valence electrons. The number of thioether (sulfide) groups is 1. The van der Waals surface area contributed by atoms with E-state index in [4.69, 9.17) is 9.47 Å². The lowest BCUT2D eigenvalue weighted by Gasteiger charge is -2.13. The fourth-order valence-corrected chi connectivity index (χ4v) is 3.88. The maximum atomic E-state index is 12.8. The minimum absolute atomic E-state index is 0.253. The Morgan fingerprint density at radius 1 is 1.03 bits per heavy atom. The van der Waals surface area contributed by atoms with E-state index in [1.807, 2.05) is 56.3 Å². The number of amides is 2. The average molecular weight is 476 g/mol. The molecule has 5 nitrogen and oxygen atoms in total. The zero-order chi connectivity index (χ0) is 20.8. The van der Waals surface area contributed by atoms with Crippen LogP contribution in [0.3, 0.4) is 0 Å². The van der Waals surface area contributed by atoms with E-state index in [0.29, 0.717) is 29.6 Å². The standard InChI is InChI=1S/C22H22BrNO4S/c1-3-11-28-18-10-7-16(12-19(18)27-4-2)13-20-21(25)24(22(26)29-20)14-15-5-8-17(23)9-6-15/h5-10,12-13H,3-4,11,14H2,1-2H3/b20-13-. The van der Waals surface area contributed by atoms with Crippen molar-refractivity contribution in [1.29, 1.82) is 0 Å². The summed E-state index contributed by atoms with van der Waals surface area (Å²) in [6.07, 6.45) is 2.62. The molecule has 0 spiro atoms.